The average Bonchev–Trinajstić information content (AvgIpc) is 2.87. The topological polar surface area (TPSA) is 36.3 Å². The fraction of sp³-hybridized carbons (Fsp3) is 0.344. The van der Waals surface area contributed by atoms with Crippen LogP contribution in [0.15, 0.2) is 103 Å². The Morgan fingerprint density at radius 1 is 0.833 bits per heavy atom. The molecule has 0 amide bonds. The van der Waals surface area contributed by atoms with Crippen LogP contribution in [0, 0.1) is 11.3 Å². The summed E-state index contributed by atoms with van der Waals surface area (Å²) in [5.74, 6) is 0. The maximum atomic E-state index is 9.75. The summed E-state index contributed by atoms with van der Waals surface area (Å²) >= 11 is 0. The van der Waals surface area contributed by atoms with Crippen LogP contribution in [0.5, 0.6) is 0 Å². The van der Waals surface area contributed by atoms with Gasteiger partial charge in [0.2, 0.25) is 0 Å². The Bertz CT molecular complexity index is 1110. The Labute approximate surface area is 218 Å². The van der Waals surface area contributed by atoms with Crippen molar-refractivity contribution in [3.63, 3.8) is 0 Å². The largest absolute Gasteiger partial charge is 0.410 e. The molecule has 0 spiro atoms. The van der Waals surface area contributed by atoms with E-state index < -0.39 is 13.9 Å². The fourth-order valence-electron chi connectivity index (χ4n) is 5.12. The zero-order valence-corrected chi connectivity index (χ0v) is 23.2. The Morgan fingerprint density at radius 2 is 1.28 bits per heavy atom. The van der Waals surface area contributed by atoms with Gasteiger partial charge in [0, 0.05) is 19.2 Å². The minimum absolute atomic E-state index is 0.0261. The summed E-state index contributed by atoms with van der Waals surface area (Å²) in [6.45, 7) is 12.9. The van der Waals surface area contributed by atoms with Crippen molar-refractivity contribution in [1.29, 1.82) is 5.26 Å². The summed E-state index contributed by atoms with van der Waals surface area (Å²) in [6, 6.07) is 34.6. The molecule has 1 aliphatic heterocycles. The van der Waals surface area contributed by atoms with E-state index in [9.17, 15) is 5.26 Å². The lowest BCUT2D eigenvalue weighted by molar-refractivity contribution is 0.0906. The highest BCUT2D eigenvalue weighted by molar-refractivity contribution is 6.74. The van der Waals surface area contributed by atoms with Crippen molar-refractivity contribution in [2.45, 2.75) is 57.0 Å². The SMILES string of the molecule is CC(C)(C)[Si](C)(C)OC1CCN(C(c2ccccc2)(c2ccccc2)c2ccccc2)C/C1=C\C#N. The molecule has 1 aliphatic rings. The van der Waals surface area contributed by atoms with Gasteiger partial charge in [-0.2, -0.15) is 5.26 Å². The molecule has 1 unspecified atom stereocenters. The van der Waals surface area contributed by atoms with Gasteiger partial charge in [0.05, 0.1) is 17.7 Å². The van der Waals surface area contributed by atoms with Crippen LogP contribution in [-0.4, -0.2) is 32.4 Å². The zero-order valence-electron chi connectivity index (χ0n) is 22.2. The van der Waals surface area contributed by atoms with E-state index in [-0.39, 0.29) is 11.1 Å². The number of hydrogen-bond acceptors (Lipinski definition) is 3. The molecule has 186 valence electrons. The molecule has 1 saturated heterocycles. The number of likely N-dealkylation sites (tertiary alicyclic amines) is 1. The van der Waals surface area contributed by atoms with E-state index in [0.29, 0.717) is 6.54 Å². The van der Waals surface area contributed by atoms with Crippen LogP contribution in [0.25, 0.3) is 0 Å². The van der Waals surface area contributed by atoms with Gasteiger partial charge in [-0.25, -0.2) is 0 Å². The summed E-state index contributed by atoms with van der Waals surface area (Å²) in [6.07, 6.45) is 2.56. The third kappa shape index (κ3) is 4.97. The molecule has 1 heterocycles. The summed E-state index contributed by atoms with van der Waals surface area (Å²) in [7, 11) is -1.99. The van der Waals surface area contributed by atoms with Crippen LogP contribution in [-0.2, 0) is 9.96 Å². The minimum atomic E-state index is -1.99. The molecule has 0 N–H and O–H groups in total. The van der Waals surface area contributed by atoms with E-state index in [1.54, 1.807) is 6.08 Å². The first kappa shape index (κ1) is 26.1. The molecule has 0 aromatic heterocycles. The maximum Gasteiger partial charge on any atom is 0.192 e. The van der Waals surface area contributed by atoms with E-state index >= 15 is 0 Å². The second kappa shape index (κ2) is 10.6. The van der Waals surface area contributed by atoms with Crippen molar-refractivity contribution >= 4 is 8.32 Å². The molecule has 1 fully saturated rings. The van der Waals surface area contributed by atoms with Crippen LogP contribution in [0.3, 0.4) is 0 Å². The first-order chi connectivity index (χ1) is 17.2. The van der Waals surface area contributed by atoms with Gasteiger partial charge in [-0.1, -0.05) is 112 Å². The quantitative estimate of drug-likeness (QED) is 0.202. The third-order valence-corrected chi connectivity index (χ3v) is 12.5. The maximum absolute atomic E-state index is 9.75. The van der Waals surface area contributed by atoms with Gasteiger partial charge >= 0.3 is 0 Å². The van der Waals surface area contributed by atoms with Crippen molar-refractivity contribution in [2.75, 3.05) is 13.1 Å². The van der Waals surface area contributed by atoms with Crippen LogP contribution < -0.4 is 0 Å². The molecule has 0 aliphatic carbocycles. The number of nitriles is 1. The lowest BCUT2D eigenvalue weighted by Crippen LogP contribution is -2.55. The van der Waals surface area contributed by atoms with Crippen molar-refractivity contribution in [1.82, 2.24) is 4.90 Å². The lowest BCUT2D eigenvalue weighted by atomic mass is 9.74. The summed E-state index contributed by atoms with van der Waals surface area (Å²) in [5.41, 5.74) is 4.26. The van der Waals surface area contributed by atoms with Crippen LogP contribution in [0.2, 0.25) is 18.1 Å². The molecular formula is C32H38N2OSi. The Morgan fingerprint density at radius 3 is 1.67 bits per heavy atom. The Hall–Kier alpha value is -2.97. The van der Waals surface area contributed by atoms with E-state index in [2.05, 4.69) is 136 Å². The second-order valence-electron chi connectivity index (χ2n) is 11.2. The Kier molecular flexibility index (Phi) is 7.66. The van der Waals surface area contributed by atoms with E-state index in [1.807, 2.05) is 0 Å². The minimum Gasteiger partial charge on any atom is -0.410 e. The van der Waals surface area contributed by atoms with Gasteiger partial charge < -0.3 is 4.43 Å². The third-order valence-electron chi connectivity index (χ3n) is 7.99. The average molecular weight is 495 g/mol. The first-order valence-corrected chi connectivity index (χ1v) is 15.8. The molecule has 0 bridgehead atoms. The van der Waals surface area contributed by atoms with Gasteiger partial charge in [-0.15, -0.1) is 0 Å². The fourth-order valence-corrected chi connectivity index (χ4v) is 6.45. The van der Waals surface area contributed by atoms with Gasteiger partial charge in [-0.3, -0.25) is 4.90 Å². The molecule has 36 heavy (non-hydrogen) atoms. The predicted molar refractivity (Wildman–Crippen MR) is 151 cm³/mol. The molecule has 1 atom stereocenters. The number of allylic oxidation sites excluding steroid dienone is 1. The molecule has 3 aromatic carbocycles. The number of piperidine rings is 1. The van der Waals surface area contributed by atoms with Gasteiger partial charge in [0.25, 0.3) is 0 Å². The van der Waals surface area contributed by atoms with E-state index in [0.717, 1.165) is 18.5 Å². The number of hydrogen-bond donors (Lipinski definition) is 0. The van der Waals surface area contributed by atoms with Gasteiger partial charge in [0.1, 0.15) is 0 Å². The highest BCUT2D eigenvalue weighted by atomic mass is 28.4. The summed E-state index contributed by atoms with van der Waals surface area (Å²) in [4.78, 5) is 2.54. The van der Waals surface area contributed by atoms with Crippen molar-refractivity contribution in [3.8, 4) is 6.07 Å². The molecule has 3 aromatic rings. The Balaban J connectivity index is 1.84. The van der Waals surface area contributed by atoms with Crippen LogP contribution in [0.4, 0.5) is 0 Å². The van der Waals surface area contributed by atoms with Crippen molar-refractivity contribution < 1.29 is 4.43 Å². The van der Waals surface area contributed by atoms with Crippen LogP contribution >= 0.6 is 0 Å². The van der Waals surface area contributed by atoms with Crippen molar-refractivity contribution in [3.05, 3.63) is 119 Å². The number of rotatable bonds is 6. The molecule has 3 nitrogen and oxygen atoms in total. The monoisotopic (exact) mass is 494 g/mol. The highest BCUT2D eigenvalue weighted by Gasteiger charge is 2.46. The number of benzene rings is 3. The van der Waals surface area contributed by atoms with E-state index in [1.165, 1.54) is 16.7 Å². The van der Waals surface area contributed by atoms with Gasteiger partial charge in [-0.05, 0) is 46.8 Å². The van der Waals surface area contributed by atoms with Gasteiger partial charge in [0.15, 0.2) is 8.32 Å². The lowest BCUT2D eigenvalue weighted by Gasteiger charge is -2.50. The molecule has 4 rings (SSSR count). The molecular weight excluding hydrogens is 456 g/mol. The van der Waals surface area contributed by atoms with Crippen molar-refractivity contribution in [2.24, 2.45) is 0 Å². The summed E-state index contributed by atoms with van der Waals surface area (Å²) in [5, 5.41) is 9.86. The normalized spacial score (nSPS) is 18.7. The zero-order chi connectivity index (χ0) is 25.8. The molecule has 0 radical (unpaired) electrons. The second-order valence-corrected chi connectivity index (χ2v) is 16.0. The predicted octanol–water partition coefficient (Wildman–Crippen LogP) is 7.52. The smallest absolute Gasteiger partial charge is 0.192 e. The molecule has 0 saturated carbocycles. The van der Waals surface area contributed by atoms with E-state index in [4.69, 9.17) is 4.43 Å². The standard InChI is InChI=1S/C32H38N2OSi/c1-31(2,3)36(4,5)35-30-22-24-34(25-26(30)21-23-33)32(27-15-9-6-10-16-27,28-17-11-7-12-18-28)29-19-13-8-14-20-29/h6-21,30H,22,24-25H2,1-5H3/b26-21+. The molecule has 4 heteroatoms. The first-order valence-electron chi connectivity index (χ1n) is 12.9. The highest BCUT2D eigenvalue weighted by Crippen LogP contribution is 2.45. The summed E-state index contributed by atoms with van der Waals surface area (Å²) < 4.78 is 6.88. The number of nitrogens with zero attached hydrogens (tertiary/aromatic N) is 2. The van der Waals surface area contributed by atoms with Crippen LogP contribution in [0.1, 0.15) is 43.9 Å².